The number of rotatable bonds is 3. The zero-order chi connectivity index (χ0) is 13.2. The molecule has 0 saturated heterocycles. The van der Waals surface area contributed by atoms with Crippen molar-refractivity contribution in [1.29, 1.82) is 0 Å². The highest BCUT2D eigenvalue weighted by Crippen LogP contribution is 2.33. The Hall–Kier alpha value is -1.69. The Morgan fingerprint density at radius 1 is 1.33 bits per heavy atom. The van der Waals surface area contributed by atoms with Crippen LogP contribution in [0.3, 0.4) is 0 Å². The van der Waals surface area contributed by atoms with Crippen molar-refractivity contribution in [3.05, 3.63) is 47.0 Å². The smallest absolute Gasteiger partial charge is 0.377 e. The minimum atomic E-state index is -4.39. The van der Waals surface area contributed by atoms with Crippen LogP contribution in [-0.2, 0) is 12.7 Å². The molecule has 7 heteroatoms. The molecule has 2 N–H and O–H groups in total. The second-order valence-electron chi connectivity index (χ2n) is 3.58. The minimum absolute atomic E-state index is 0.0244. The molecule has 0 aliphatic rings. The number of nitrogens with zero attached hydrogens (tertiary/aromatic N) is 1. The summed E-state index contributed by atoms with van der Waals surface area (Å²) < 4.78 is 37.2. The van der Waals surface area contributed by atoms with Crippen LogP contribution in [0.1, 0.15) is 11.4 Å². The van der Waals surface area contributed by atoms with Crippen molar-refractivity contribution in [2.45, 2.75) is 12.7 Å². The van der Waals surface area contributed by atoms with Crippen LogP contribution >= 0.6 is 11.6 Å². The third-order valence-electron chi connectivity index (χ3n) is 2.30. The average Bonchev–Trinajstić information content (AvgIpc) is 2.79. The van der Waals surface area contributed by atoms with Gasteiger partial charge in [0.2, 0.25) is 0 Å². The zero-order valence-corrected chi connectivity index (χ0v) is 9.81. The molecule has 1 aromatic heterocycles. The fourth-order valence-electron chi connectivity index (χ4n) is 1.41. The summed E-state index contributed by atoms with van der Waals surface area (Å²) in [6.07, 6.45) is -1.14. The van der Waals surface area contributed by atoms with E-state index in [1.807, 2.05) is 0 Å². The van der Waals surface area contributed by atoms with Crippen molar-refractivity contribution in [2.24, 2.45) is 0 Å². The van der Waals surface area contributed by atoms with Gasteiger partial charge >= 0.3 is 6.18 Å². The topological polar surface area (TPSA) is 40.7 Å². The molecule has 0 aliphatic carbocycles. The van der Waals surface area contributed by atoms with Gasteiger partial charge in [-0.05, 0) is 18.2 Å². The van der Waals surface area contributed by atoms with Gasteiger partial charge in [-0.25, -0.2) is 4.98 Å². The maximum atomic E-state index is 12.4. The summed E-state index contributed by atoms with van der Waals surface area (Å²) in [7, 11) is 0. The lowest BCUT2D eigenvalue weighted by Gasteiger charge is -2.11. The van der Waals surface area contributed by atoms with Gasteiger partial charge in [-0.15, -0.1) is 0 Å². The summed E-state index contributed by atoms with van der Waals surface area (Å²) in [5.74, 6) is 0.672. The average molecular weight is 276 g/mol. The lowest BCUT2D eigenvalue weighted by Crippen LogP contribution is -2.06. The number of anilines is 1. The number of aromatic amines is 1. The van der Waals surface area contributed by atoms with Gasteiger partial charge in [0.15, 0.2) is 0 Å². The first-order chi connectivity index (χ1) is 8.47. The van der Waals surface area contributed by atoms with Crippen molar-refractivity contribution in [3.63, 3.8) is 0 Å². The van der Waals surface area contributed by atoms with Gasteiger partial charge in [-0.2, -0.15) is 13.2 Å². The molecule has 18 heavy (non-hydrogen) atoms. The molecule has 0 radical (unpaired) electrons. The van der Waals surface area contributed by atoms with E-state index in [-0.39, 0.29) is 5.02 Å². The highest BCUT2D eigenvalue weighted by molar-refractivity contribution is 6.33. The standard InChI is InChI=1S/C11H9ClF3N3/c12-8-5-7(11(13,14)15)1-2-9(8)18-6-10-16-3-4-17-10/h1-5,18H,6H2,(H,16,17). The molecule has 0 fully saturated rings. The maximum absolute atomic E-state index is 12.4. The first-order valence-electron chi connectivity index (χ1n) is 5.05. The number of imidazole rings is 1. The largest absolute Gasteiger partial charge is 0.416 e. The second-order valence-corrected chi connectivity index (χ2v) is 3.99. The van der Waals surface area contributed by atoms with Crippen LogP contribution in [0.2, 0.25) is 5.02 Å². The third-order valence-corrected chi connectivity index (χ3v) is 2.61. The second kappa shape index (κ2) is 4.89. The van der Waals surface area contributed by atoms with E-state index in [0.717, 1.165) is 12.1 Å². The Morgan fingerprint density at radius 2 is 2.11 bits per heavy atom. The Morgan fingerprint density at radius 3 is 2.67 bits per heavy atom. The predicted molar refractivity (Wildman–Crippen MR) is 62.4 cm³/mol. The van der Waals surface area contributed by atoms with E-state index >= 15 is 0 Å². The van der Waals surface area contributed by atoms with Gasteiger partial charge < -0.3 is 10.3 Å². The number of benzene rings is 1. The molecule has 3 nitrogen and oxygen atoms in total. The monoisotopic (exact) mass is 275 g/mol. The molecule has 2 rings (SSSR count). The highest BCUT2D eigenvalue weighted by atomic mass is 35.5. The minimum Gasteiger partial charge on any atom is -0.377 e. The van der Waals surface area contributed by atoms with E-state index < -0.39 is 11.7 Å². The van der Waals surface area contributed by atoms with Crippen molar-refractivity contribution >= 4 is 17.3 Å². The Bertz CT molecular complexity index is 523. The Labute approximate surface area is 106 Å². The quantitative estimate of drug-likeness (QED) is 0.897. The number of nitrogens with one attached hydrogen (secondary N) is 2. The van der Waals surface area contributed by atoms with E-state index in [1.165, 1.54) is 6.07 Å². The number of halogens is 4. The molecule has 96 valence electrons. The van der Waals surface area contributed by atoms with Gasteiger partial charge in [0.25, 0.3) is 0 Å². The van der Waals surface area contributed by atoms with E-state index in [2.05, 4.69) is 15.3 Å². The number of hydrogen-bond donors (Lipinski definition) is 2. The van der Waals surface area contributed by atoms with Crippen LogP contribution in [0.25, 0.3) is 0 Å². The van der Waals surface area contributed by atoms with E-state index in [9.17, 15) is 13.2 Å². The molecular weight excluding hydrogens is 267 g/mol. The molecule has 1 heterocycles. The molecule has 0 unspecified atom stereocenters. The summed E-state index contributed by atoms with van der Waals surface area (Å²) in [5.41, 5.74) is -0.336. The lowest BCUT2D eigenvalue weighted by atomic mass is 10.2. The van der Waals surface area contributed by atoms with Crippen LogP contribution < -0.4 is 5.32 Å². The van der Waals surface area contributed by atoms with Gasteiger partial charge in [0.1, 0.15) is 5.82 Å². The summed E-state index contributed by atoms with van der Waals surface area (Å²) in [6, 6.07) is 3.18. The van der Waals surface area contributed by atoms with Crippen molar-refractivity contribution in [1.82, 2.24) is 9.97 Å². The van der Waals surface area contributed by atoms with Crippen LogP contribution in [0.5, 0.6) is 0 Å². The number of alkyl halides is 3. The molecule has 0 atom stereocenters. The predicted octanol–water partition coefficient (Wildman–Crippen LogP) is 3.69. The molecular formula is C11H9ClF3N3. The van der Waals surface area contributed by atoms with Crippen LogP contribution in [0, 0.1) is 0 Å². The summed E-state index contributed by atoms with van der Waals surface area (Å²) in [4.78, 5) is 6.84. The fraction of sp³-hybridized carbons (Fsp3) is 0.182. The fourth-order valence-corrected chi connectivity index (χ4v) is 1.66. The van der Waals surface area contributed by atoms with Gasteiger partial charge in [0.05, 0.1) is 22.8 Å². The maximum Gasteiger partial charge on any atom is 0.416 e. The zero-order valence-electron chi connectivity index (χ0n) is 9.05. The first kappa shape index (κ1) is 12.8. The van der Waals surface area contributed by atoms with Crippen molar-refractivity contribution in [3.8, 4) is 0 Å². The summed E-state index contributed by atoms with van der Waals surface area (Å²) in [6.45, 7) is 0.359. The molecule has 0 spiro atoms. The van der Waals surface area contributed by atoms with Crippen LogP contribution in [0.15, 0.2) is 30.6 Å². The Kier molecular flexibility index (Phi) is 3.47. The first-order valence-corrected chi connectivity index (χ1v) is 5.43. The number of aromatic nitrogens is 2. The molecule has 1 aromatic carbocycles. The SMILES string of the molecule is FC(F)(F)c1ccc(NCc2ncc[nH]2)c(Cl)c1. The highest BCUT2D eigenvalue weighted by Gasteiger charge is 2.30. The molecule has 0 aliphatic heterocycles. The molecule has 0 amide bonds. The van der Waals surface area contributed by atoms with Crippen molar-refractivity contribution in [2.75, 3.05) is 5.32 Å². The van der Waals surface area contributed by atoms with Crippen LogP contribution in [-0.4, -0.2) is 9.97 Å². The van der Waals surface area contributed by atoms with Gasteiger partial charge in [0, 0.05) is 12.4 Å². The van der Waals surface area contributed by atoms with E-state index in [1.54, 1.807) is 12.4 Å². The summed E-state index contributed by atoms with van der Waals surface area (Å²) >= 11 is 5.78. The van der Waals surface area contributed by atoms with E-state index in [4.69, 9.17) is 11.6 Å². The normalized spacial score (nSPS) is 11.6. The third kappa shape index (κ3) is 2.95. The number of hydrogen-bond acceptors (Lipinski definition) is 2. The Balaban J connectivity index is 2.10. The van der Waals surface area contributed by atoms with Gasteiger partial charge in [-0.3, -0.25) is 0 Å². The molecule has 0 saturated carbocycles. The van der Waals surface area contributed by atoms with Gasteiger partial charge in [-0.1, -0.05) is 11.6 Å². The van der Waals surface area contributed by atoms with E-state index in [0.29, 0.717) is 18.1 Å². The summed E-state index contributed by atoms with van der Waals surface area (Å²) in [5, 5.41) is 2.93. The number of H-pyrrole nitrogens is 1. The lowest BCUT2D eigenvalue weighted by molar-refractivity contribution is -0.137. The van der Waals surface area contributed by atoms with Crippen LogP contribution in [0.4, 0.5) is 18.9 Å². The van der Waals surface area contributed by atoms with Crippen molar-refractivity contribution < 1.29 is 13.2 Å². The molecule has 0 bridgehead atoms. The molecule has 2 aromatic rings.